The maximum atomic E-state index is 13.0. The molecular formula is C15H22F3N5O. The molecule has 0 aromatic carbocycles. The van der Waals surface area contributed by atoms with Crippen LogP contribution in [0.25, 0.3) is 5.57 Å². The van der Waals surface area contributed by atoms with E-state index in [1.54, 1.807) is 6.08 Å². The van der Waals surface area contributed by atoms with Crippen molar-refractivity contribution in [2.24, 2.45) is 0 Å². The Balaban J connectivity index is 2.34. The lowest BCUT2D eigenvalue weighted by Gasteiger charge is -2.21. The minimum Gasteiger partial charge on any atom is -0.389 e. The predicted octanol–water partition coefficient (Wildman–Crippen LogP) is 2.98. The highest BCUT2D eigenvalue weighted by molar-refractivity contribution is 5.63. The third-order valence-electron chi connectivity index (χ3n) is 3.70. The van der Waals surface area contributed by atoms with E-state index in [4.69, 9.17) is 0 Å². The summed E-state index contributed by atoms with van der Waals surface area (Å²) in [5.41, 5.74) is 0.721. The molecule has 0 spiro atoms. The number of alkyl halides is 3. The molecule has 0 saturated carbocycles. The third-order valence-corrected chi connectivity index (χ3v) is 3.70. The molecule has 1 heterocycles. The molecule has 1 aromatic rings. The third kappa shape index (κ3) is 4.80. The quantitative estimate of drug-likeness (QED) is 0.735. The average molecular weight is 345 g/mol. The fourth-order valence-electron chi connectivity index (χ4n) is 2.48. The van der Waals surface area contributed by atoms with Crippen molar-refractivity contribution in [2.45, 2.75) is 57.9 Å². The number of nitrogens with one attached hydrogen (secondary N) is 2. The molecule has 1 aromatic heterocycles. The topological polar surface area (TPSA) is 83.0 Å². The highest BCUT2D eigenvalue weighted by atomic mass is 19.4. The van der Waals surface area contributed by atoms with Gasteiger partial charge in [0, 0.05) is 6.54 Å². The summed E-state index contributed by atoms with van der Waals surface area (Å²) in [7, 11) is 0. The van der Waals surface area contributed by atoms with Gasteiger partial charge in [-0.2, -0.15) is 28.1 Å². The second kappa shape index (κ2) is 7.78. The second-order valence-electron chi connectivity index (χ2n) is 5.63. The molecule has 0 fully saturated rings. The first kappa shape index (κ1) is 18.4. The van der Waals surface area contributed by atoms with Crippen molar-refractivity contribution >= 4 is 17.5 Å². The molecule has 6 nitrogen and oxygen atoms in total. The van der Waals surface area contributed by atoms with Crippen LogP contribution in [0.3, 0.4) is 0 Å². The highest BCUT2D eigenvalue weighted by Crippen LogP contribution is 2.28. The number of hydrogen-bond donors (Lipinski definition) is 3. The summed E-state index contributed by atoms with van der Waals surface area (Å²) in [6.07, 6.45) is -1.35. The zero-order chi connectivity index (χ0) is 17.7. The van der Waals surface area contributed by atoms with Crippen molar-refractivity contribution in [3.05, 3.63) is 11.9 Å². The van der Waals surface area contributed by atoms with Crippen LogP contribution in [0.15, 0.2) is 6.08 Å². The van der Waals surface area contributed by atoms with E-state index < -0.39 is 18.3 Å². The summed E-state index contributed by atoms with van der Waals surface area (Å²) in [4.78, 5) is 12.4. The molecule has 3 N–H and O–H groups in total. The molecule has 24 heavy (non-hydrogen) atoms. The Kier molecular flexibility index (Phi) is 5.98. The molecule has 0 bridgehead atoms. The summed E-state index contributed by atoms with van der Waals surface area (Å²) in [5.74, 6) is 0.378. The zero-order valence-electron chi connectivity index (χ0n) is 13.7. The summed E-state index contributed by atoms with van der Waals surface area (Å²) in [6, 6.07) is -1.73. The Bertz CT molecular complexity index is 591. The van der Waals surface area contributed by atoms with Crippen molar-refractivity contribution < 1.29 is 18.3 Å². The van der Waals surface area contributed by atoms with Gasteiger partial charge in [-0.05, 0) is 44.3 Å². The van der Waals surface area contributed by atoms with Gasteiger partial charge in [0.1, 0.15) is 6.04 Å². The van der Waals surface area contributed by atoms with Crippen LogP contribution in [0.4, 0.5) is 25.1 Å². The maximum absolute atomic E-state index is 13.0. The van der Waals surface area contributed by atoms with Crippen molar-refractivity contribution in [3.8, 4) is 0 Å². The number of aromatic nitrogens is 3. The largest absolute Gasteiger partial charge is 0.408 e. The average Bonchev–Trinajstić information content (AvgIpc) is 2.51. The standard InChI is InChI=1S/C15H22F3N5O/c1-3-11(15(16,17)18)20-14-22-12(21-13(23-14)19-4-2)9-6-5-7-10(24)8-9/h8,10-11,24H,3-7H2,1-2H3,(H2,19,20,21,22,23)/t10?,11-/m1/s1. The van der Waals surface area contributed by atoms with Gasteiger partial charge in [0.25, 0.3) is 0 Å². The van der Waals surface area contributed by atoms with Crippen LogP contribution in [-0.2, 0) is 0 Å². The van der Waals surface area contributed by atoms with E-state index in [-0.39, 0.29) is 18.3 Å². The molecule has 134 valence electrons. The van der Waals surface area contributed by atoms with Crippen LogP contribution in [0.5, 0.6) is 0 Å². The SMILES string of the molecule is CCNc1nc(N[C@H](CC)C(F)(F)F)nc(C2=CC(O)CCC2)n1. The van der Waals surface area contributed by atoms with Crippen LogP contribution >= 0.6 is 0 Å². The summed E-state index contributed by atoms with van der Waals surface area (Å²) in [6.45, 7) is 3.81. The van der Waals surface area contributed by atoms with Gasteiger partial charge in [-0.25, -0.2) is 0 Å². The van der Waals surface area contributed by atoms with Gasteiger partial charge in [-0.1, -0.05) is 6.92 Å². The Hall–Kier alpha value is -1.90. The molecule has 0 saturated heterocycles. The summed E-state index contributed by atoms with van der Waals surface area (Å²) >= 11 is 0. The number of allylic oxidation sites excluding steroid dienone is 1. The van der Waals surface area contributed by atoms with Crippen LogP contribution in [0, 0.1) is 0 Å². The van der Waals surface area contributed by atoms with Crippen LogP contribution < -0.4 is 10.6 Å². The van der Waals surface area contributed by atoms with Crippen LogP contribution in [0.2, 0.25) is 0 Å². The number of aliphatic hydroxyl groups is 1. The lowest BCUT2D eigenvalue weighted by atomic mass is 9.97. The van der Waals surface area contributed by atoms with Gasteiger partial charge in [0.05, 0.1) is 6.10 Å². The zero-order valence-corrected chi connectivity index (χ0v) is 13.7. The Morgan fingerprint density at radius 1 is 1.25 bits per heavy atom. The lowest BCUT2D eigenvalue weighted by molar-refractivity contribution is -0.143. The molecular weight excluding hydrogens is 323 g/mol. The Morgan fingerprint density at radius 2 is 1.96 bits per heavy atom. The molecule has 1 aliphatic carbocycles. The number of nitrogens with zero attached hydrogens (tertiary/aromatic N) is 3. The van der Waals surface area contributed by atoms with Gasteiger partial charge < -0.3 is 15.7 Å². The Morgan fingerprint density at radius 3 is 2.54 bits per heavy atom. The van der Waals surface area contributed by atoms with E-state index in [0.29, 0.717) is 25.2 Å². The highest BCUT2D eigenvalue weighted by Gasteiger charge is 2.38. The number of anilines is 2. The minimum atomic E-state index is -4.39. The first-order valence-electron chi connectivity index (χ1n) is 8.05. The molecule has 2 atom stereocenters. The van der Waals surface area contributed by atoms with Gasteiger partial charge in [-0.3, -0.25) is 0 Å². The molecule has 2 rings (SSSR count). The molecule has 0 amide bonds. The Labute approximate surface area is 138 Å². The first-order chi connectivity index (χ1) is 11.3. The van der Waals surface area contributed by atoms with E-state index in [9.17, 15) is 18.3 Å². The van der Waals surface area contributed by atoms with Gasteiger partial charge in [-0.15, -0.1) is 0 Å². The van der Waals surface area contributed by atoms with Crippen molar-refractivity contribution in [2.75, 3.05) is 17.2 Å². The van der Waals surface area contributed by atoms with Crippen LogP contribution in [-0.4, -0.2) is 44.9 Å². The monoisotopic (exact) mass is 345 g/mol. The smallest absolute Gasteiger partial charge is 0.389 e. The molecule has 0 radical (unpaired) electrons. The lowest BCUT2D eigenvalue weighted by Crippen LogP contribution is -2.36. The summed E-state index contributed by atoms with van der Waals surface area (Å²) in [5, 5.41) is 15.0. The molecule has 0 aliphatic heterocycles. The normalized spacial score (nSPS) is 19.6. The number of rotatable bonds is 6. The molecule has 1 unspecified atom stereocenters. The van der Waals surface area contributed by atoms with E-state index in [0.717, 1.165) is 12.0 Å². The van der Waals surface area contributed by atoms with E-state index in [1.165, 1.54) is 6.92 Å². The van der Waals surface area contributed by atoms with E-state index >= 15 is 0 Å². The van der Waals surface area contributed by atoms with Crippen LogP contribution in [0.1, 0.15) is 45.4 Å². The van der Waals surface area contributed by atoms with Gasteiger partial charge in [0.15, 0.2) is 5.82 Å². The predicted molar refractivity (Wildman–Crippen MR) is 85.6 cm³/mol. The first-order valence-corrected chi connectivity index (χ1v) is 8.05. The van der Waals surface area contributed by atoms with E-state index in [2.05, 4.69) is 25.6 Å². The summed E-state index contributed by atoms with van der Waals surface area (Å²) < 4.78 is 38.9. The second-order valence-corrected chi connectivity index (χ2v) is 5.63. The number of halogens is 3. The molecule has 9 heteroatoms. The number of aliphatic hydroxyl groups excluding tert-OH is 1. The van der Waals surface area contributed by atoms with Gasteiger partial charge >= 0.3 is 6.18 Å². The van der Waals surface area contributed by atoms with Gasteiger partial charge in [0.2, 0.25) is 11.9 Å². The maximum Gasteiger partial charge on any atom is 0.408 e. The minimum absolute atomic E-state index is 0.124. The van der Waals surface area contributed by atoms with E-state index in [1.807, 2.05) is 6.92 Å². The molecule has 1 aliphatic rings. The van der Waals surface area contributed by atoms with Crippen molar-refractivity contribution in [1.82, 2.24) is 15.0 Å². The van der Waals surface area contributed by atoms with Crippen molar-refractivity contribution in [1.29, 1.82) is 0 Å². The van der Waals surface area contributed by atoms with Crippen molar-refractivity contribution in [3.63, 3.8) is 0 Å². The number of hydrogen-bond acceptors (Lipinski definition) is 6. The fraction of sp³-hybridized carbons (Fsp3) is 0.667. The fourth-order valence-corrected chi connectivity index (χ4v) is 2.48.